The van der Waals surface area contributed by atoms with E-state index < -0.39 is 0 Å². The zero-order valence-electron chi connectivity index (χ0n) is 8.29. The molecule has 1 rings (SSSR count). The van der Waals surface area contributed by atoms with E-state index in [0.717, 1.165) is 12.3 Å². The van der Waals surface area contributed by atoms with Crippen LogP contribution in [-0.2, 0) is 0 Å². The van der Waals surface area contributed by atoms with Gasteiger partial charge in [0.15, 0.2) is 0 Å². The standard InChI is InChI=1S/C10H21NO/c1-9(12)3-4-10-5-7-11(2)8-6-10/h9-10,12H,3-8H2,1-2H3. The van der Waals surface area contributed by atoms with Gasteiger partial charge in [0.1, 0.15) is 0 Å². The van der Waals surface area contributed by atoms with Gasteiger partial charge in [-0.2, -0.15) is 0 Å². The molecule has 0 aliphatic carbocycles. The van der Waals surface area contributed by atoms with Gasteiger partial charge in [-0.3, -0.25) is 0 Å². The Morgan fingerprint density at radius 2 is 2.00 bits per heavy atom. The lowest BCUT2D eigenvalue weighted by Gasteiger charge is -2.29. The van der Waals surface area contributed by atoms with Gasteiger partial charge in [-0.25, -0.2) is 0 Å². The molecule has 1 unspecified atom stereocenters. The van der Waals surface area contributed by atoms with Crippen molar-refractivity contribution in [3.8, 4) is 0 Å². The van der Waals surface area contributed by atoms with Gasteiger partial charge in [0, 0.05) is 0 Å². The summed E-state index contributed by atoms with van der Waals surface area (Å²) in [5.41, 5.74) is 0. The SMILES string of the molecule is CC(O)CCC1CCN(C)CC1. The summed E-state index contributed by atoms with van der Waals surface area (Å²) in [5.74, 6) is 0.871. The predicted octanol–water partition coefficient (Wildman–Crippen LogP) is 1.49. The van der Waals surface area contributed by atoms with Crippen LogP contribution < -0.4 is 0 Å². The van der Waals surface area contributed by atoms with Crippen LogP contribution in [0.25, 0.3) is 0 Å². The monoisotopic (exact) mass is 171 g/mol. The maximum atomic E-state index is 9.12. The third kappa shape index (κ3) is 3.55. The molecular formula is C10H21NO. The fraction of sp³-hybridized carbons (Fsp3) is 1.00. The lowest BCUT2D eigenvalue weighted by atomic mass is 9.91. The topological polar surface area (TPSA) is 23.5 Å². The van der Waals surface area contributed by atoms with Crippen molar-refractivity contribution < 1.29 is 5.11 Å². The molecule has 0 radical (unpaired) electrons. The molecule has 12 heavy (non-hydrogen) atoms. The lowest BCUT2D eigenvalue weighted by molar-refractivity contribution is 0.154. The molecule has 0 aromatic carbocycles. The van der Waals surface area contributed by atoms with Gasteiger partial charge in [0.05, 0.1) is 6.10 Å². The van der Waals surface area contributed by atoms with Crippen LogP contribution in [-0.4, -0.2) is 36.2 Å². The van der Waals surface area contributed by atoms with Crippen molar-refractivity contribution in [2.75, 3.05) is 20.1 Å². The van der Waals surface area contributed by atoms with Crippen molar-refractivity contribution in [3.05, 3.63) is 0 Å². The predicted molar refractivity (Wildman–Crippen MR) is 51.1 cm³/mol. The minimum Gasteiger partial charge on any atom is -0.393 e. The lowest BCUT2D eigenvalue weighted by Crippen LogP contribution is -2.30. The minimum atomic E-state index is -0.107. The second-order valence-electron chi connectivity index (χ2n) is 4.17. The van der Waals surface area contributed by atoms with Crippen molar-refractivity contribution in [2.24, 2.45) is 5.92 Å². The molecule has 0 aromatic heterocycles. The summed E-state index contributed by atoms with van der Waals surface area (Å²) in [6, 6.07) is 0. The molecule has 1 aliphatic rings. The van der Waals surface area contributed by atoms with E-state index in [2.05, 4.69) is 11.9 Å². The van der Waals surface area contributed by atoms with Crippen molar-refractivity contribution in [2.45, 2.75) is 38.7 Å². The van der Waals surface area contributed by atoms with Crippen molar-refractivity contribution >= 4 is 0 Å². The van der Waals surface area contributed by atoms with E-state index in [4.69, 9.17) is 5.11 Å². The van der Waals surface area contributed by atoms with E-state index in [1.165, 1.54) is 32.4 Å². The van der Waals surface area contributed by atoms with Gasteiger partial charge in [0.25, 0.3) is 0 Å². The van der Waals surface area contributed by atoms with Crippen LogP contribution in [0.3, 0.4) is 0 Å². The molecule has 1 fully saturated rings. The van der Waals surface area contributed by atoms with E-state index in [1.54, 1.807) is 0 Å². The molecule has 2 heteroatoms. The van der Waals surface area contributed by atoms with Gasteiger partial charge < -0.3 is 10.0 Å². The number of hydrogen-bond donors (Lipinski definition) is 1. The van der Waals surface area contributed by atoms with E-state index in [0.29, 0.717) is 0 Å². The first-order chi connectivity index (χ1) is 5.68. The molecular weight excluding hydrogens is 150 g/mol. The highest BCUT2D eigenvalue weighted by Gasteiger charge is 2.16. The van der Waals surface area contributed by atoms with Crippen molar-refractivity contribution in [1.82, 2.24) is 4.90 Å². The summed E-state index contributed by atoms with van der Waals surface area (Å²) >= 11 is 0. The van der Waals surface area contributed by atoms with Crippen LogP contribution in [0.15, 0.2) is 0 Å². The first-order valence-corrected chi connectivity index (χ1v) is 5.05. The average Bonchev–Trinajstić information content (AvgIpc) is 2.03. The van der Waals surface area contributed by atoms with Gasteiger partial charge in [0.2, 0.25) is 0 Å². The number of nitrogens with zero attached hydrogens (tertiary/aromatic N) is 1. The molecule has 0 amide bonds. The summed E-state index contributed by atoms with van der Waals surface area (Å²) in [6.07, 6.45) is 4.73. The molecule has 0 spiro atoms. The maximum Gasteiger partial charge on any atom is 0.0512 e. The zero-order chi connectivity index (χ0) is 8.97. The molecule has 1 N–H and O–H groups in total. The number of likely N-dealkylation sites (tertiary alicyclic amines) is 1. The largest absolute Gasteiger partial charge is 0.393 e. The molecule has 1 atom stereocenters. The summed E-state index contributed by atoms with van der Waals surface area (Å²) in [7, 11) is 2.19. The molecule has 72 valence electrons. The quantitative estimate of drug-likeness (QED) is 0.695. The Labute approximate surface area is 75.6 Å². The Morgan fingerprint density at radius 1 is 1.42 bits per heavy atom. The Hall–Kier alpha value is -0.0800. The normalized spacial score (nSPS) is 24.2. The van der Waals surface area contributed by atoms with Crippen LogP contribution >= 0.6 is 0 Å². The van der Waals surface area contributed by atoms with Gasteiger partial charge in [-0.05, 0) is 58.7 Å². The van der Waals surface area contributed by atoms with Crippen LogP contribution in [0.1, 0.15) is 32.6 Å². The van der Waals surface area contributed by atoms with E-state index in [-0.39, 0.29) is 6.10 Å². The van der Waals surface area contributed by atoms with Gasteiger partial charge >= 0.3 is 0 Å². The molecule has 1 aliphatic heterocycles. The maximum absolute atomic E-state index is 9.12. The highest BCUT2D eigenvalue weighted by atomic mass is 16.3. The number of aliphatic hydroxyl groups excluding tert-OH is 1. The number of piperidine rings is 1. The molecule has 1 heterocycles. The smallest absolute Gasteiger partial charge is 0.0512 e. The Morgan fingerprint density at radius 3 is 2.50 bits per heavy atom. The van der Waals surface area contributed by atoms with E-state index in [9.17, 15) is 0 Å². The summed E-state index contributed by atoms with van der Waals surface area (Å²) < 4.78 is 0. The summed E-state index contributed by atoms with van der Waals surface area (Å²) in [4.78, 5) is 2.39. The number of aliphatic hydroxyl groups is 1. The van der Waals surface area contributed by atoms with Crippen LogP contribution in [0.2, 0.25) is 0 Å². The number of rotatable bonds is 3. The van der Waals surface area contributed by atoms with Crippen LogP contribution in [0.4, 0.5) is 0 Å². The van der Waals surface area contributed by atoms with Crippen LogP contribution in [0.5, 0.6) is 0 Å². The van der Waals surface area contributed by atoms with Gasteiger partial charge in [-0.1, -0.05) is 0 Å². The summed E-state index contributed by atoms with van der Waals surface area (Å²) in [6.45, 7) is 4.36. The van der Waals surface area contributed by atoms with E-state index in [1.807, 2.05) is 6.92 Å². The molecule has 0 saturated carbocycles. The Bertz CT molecular complexity index is 117. The molecule has 0 bridgehead atoms. The highest BCUT2D eigenvalue weighted by molar-refractivity contribution is 4.70. The zero-order valence-corrected chi connectivity index (χ0v) is 8.29. The van der Waals surface area contributed by atoms with Crippen molar-refractivity contribution in [3.63, 3.8) is 0 Å². The van der Waals surface area contributed by atoms with Crippen molar-refractivity contribution in [1.29, 1.82) is 0 Å². The third-order valence-electron chi connectivity index (χ3n) is 2.83. The Kier molecular flexibility index (Phi) is 4.02. The molecule has 2 nitrogen and oxygen atoms in total. The molecule has 0 aromatic rings. The second kappa shape index (κ2) is 4.83. The minimum absolute atomic E-state index is 0.107. The van der Waals surface area contributed by atoms with Crippen LogP contribution in [0, 0.1) is 5.92 Å². The fourth-order valence-electron chi connectivity index (χ4n) is 1.83. The average molecular weight is 171 g/mol. The van der Waals surface area contributed by atoms with Gasteiger partial charge in [-0.15, -0.1) is 0 Å². The summed E-state index contributed by atoms with van der Waals surface area (Å²) in [5, 5.41) is 9.12. The Balaban J connectivity index is 2.09. The molecule has 1 saturated heterocycles. The third-order valence-corrected chi connectivity index (χ3v) is 2.83. The number of hydrogen-bond acceptors (Lipinski definition) is 2. The fourth-order valence-corrected chi connectivity index (χ4v) is 1.83. The first kappa shape index (κ1) is 10.0. The van der Waals surface area contributed by atoms with E-state index >= 15 is 0 Å². The first-order valence-electron chi connectivity index (χ1n) is 5.05. The highest BCUT2D eigenvalue weighted by Crippen LogP contribution is 2.21. The second-order valence-corrected chi connectivity index (χ2v) is 4.17.